The molecule has 0 saturated heterocycles. The first kappa shape index (κ1) is 16.6. The van der Waals surface area contributed by atoms with Crippen LogP contribution in [0.25, 0.3) is 0 Å². The number of aryl methyl sites for hydroxylation is 1. The Kier molecular flexibility index (Phi) is 9.07. The van der Waals surface area contributed by atoms with Gasteiger partial charge in [0.25, 0.3) is 0 Å². The maximum Gasteiger partial charge on any atom is 0.220 e. The lowest BCUT2D eigenvalue weighted by atomic mass is 10.2. The van der Waals surface area contributed by atoms with E-state index in [-0.39, 0.29) is 12.5 Å². The zero-order valence-corrected chi connectivity index (χ0v) is 13.3. The molecule has 0 atom stereocenters. The highest BCUT2D eigenvalue weighted by Crippen LogP contribution is 2.23. The molecule has 1 rings (SSSR count). The first-order valence-corrected chi connectivity index (χ1v) is 8.03. The Morgan fingerprint density at radius 2 is 2.21 bits per heavy atom. The van der Waals surface area contributed by atoms with Gasteiger partial charge in [-0.05, 0) is 47.3 Å². The summed E-state index contributed by atoms with van der Waals surface area (Å²) in [6.07, 6.45) is 3.17. The Labute approximate surface area is 126 Å². The van der Waals surface area contributed by atoms with Gasteiger partial charge in [-0.1, -0.05) is 0 Å². The van der Waals surface area contributed by atoms with Gasteiger partial charge in [-0.15, -0.1) is 11.3 Å². The van der Waals surface area contributed by atoms with Gasteiger partial charge < -0.3 is 15.2 Å². The fourth-order valence-electron chi connectivity index (χ4n) is 1.57. The molecule has 0 aromatic carbocycles. The molecule has 0 aliphatic heterocycles. The van der Waals surface area contributed by atoms with E-state index in [1.165, 1.54) is 4.88 Å². The molecule has 2 N–H and O–H groups in total. The van der Waals surface area contributed by atoms with E-state index in [1.807, 2.05) is 6.07 Å². The molecule has 4 nitrogen and oxygen atoms in total. The van der Waals surface area contributed by atoms with E-state index >= 15 is 0 Å². The fourth-order valence-corrected chi connectivity index (χ4v) is 3.09. The van der Waals surface area contributed by atoms with Crippen molar-refractivity contribution in [3.63, 3.8) is 0 Å². The summed E-state index contributed by atoms with van der Waals surface area (Å²) in [7, 11) is 0. The summed E-state index contributed by atoms with van der Waals surface area (Å²) in [5.41, 5.74) is 0. The number of thiophene rings is 1. The molecule has 0 spiro atoms. The topological polar surface area (TPSA) is 58.6 Å². The van der Waals surface area contributed by atoms with Crippen LogP contribution in [0.15, 0.2) is 15.9 Å². The predicted molar refractivity (Wildman–Crippen MR) is 80.5 cm³/mol. The molecule has 1 aromatic rings. The number of halogens is 1. The van der Waals surface area contributed by atoms with Gasteiger partial charge >= 0.3 is 0 Å². The lowest BCUT2D eigenvalue weighted by molar-refractivity contribution is -0.121. The standard InChI is InChI=1S/C13H20BrNO3S/c14-12-6-5-11(19-12)3-1-4-13(17)15-7-2-9-18-10-8-16/h5-6,16H,1-4,7-10H2,(H,15,17). The first-order valence-electron chi connectivity index (χ1n) is 6.42. The summed E-state index contributed by atoms with van der Waals surface area (Å²) in [6, 6.07) is 4.12. The molecular formula is C13H20BrNO3S. The van der Waals surface area contributed by atoms with Crippen LogP contribution in [-0.4, -0.2) is 37.4 Å². The number of hydrogen-bond donors (Lipinski definition) is 2. The summed E-state index contributed by atoms with van der Waals surface area (Å²) >= 11 is 5.14. The Bertz CT molecular complexity index is 371. The van der Waals surface area contributed by atoms with Crippen LogP contribution in [0.5, 0.6) is 0 Å². The second-order valence-electron chi connectivity index (χ2n) is 4.10. The molecule has 0 aliphatic carbocycles. The summed E-state index contributed by atoms with van der Waals surface area (Å²) in [5.74, 6) is 0.0952. The highest BCUT2D eigenvalue weighted by Gasteiger charge is 2.02. The Morgan fingerprint density at radius 1 is 1.37 bits per heavy atom. The lowest BCUT2D eigenvalue weighted by Crippen LogP contribution is -2.25. The van der Waals surface area contributed by atoms with Crippen molar-refractivity contribution in [1.29, 1.82) is 0 Å². The Hall–Kier alpha value is -0.430. The van der Waals surface area contributed by atoms with Crippen molar-refractivity contribution in [2.24, 2.45) is 0 Å². The van der Waals surface area contributed by atoms with Gasteiger partial charge in [0.15, 0.2) is 0 Å². The SMILES string of the molecule is O=C(CCCc1ccc(Br)s1)NCCCOCCO. The summed E-state index contributed by atoms with van der Waals surface area (Å²) in [4.78, 5) is 12.8. The van der Waals surface area contributed by atoms with Crippen LogP contribution < -0.4 is 5.32 Å². The average Bonchev–Trinajstić information content (AvgIpc) is 2.79. The van der Waals surface area contributed by atoms with E-state index in [2.05, 4.69) is 27.3 Å². The molecule has 1 amide bonds. The summed E-state index contributed by atoms with van der Waals surface area (Å²) in [5, 5.41) is 11.4. The van der Waals surface area contributed by atoms with E-state index in [1.54, 1.807) is 11.3 Å². The van der Waals surface area contributed by atoms with Crippen molar-refractivity contribution < 1.29 is 14.6 Å². The smallest absolute Gasteiger partial charge is 0.220 e. The number of amides is 1. The van der Waals surface area contributed by atoms with Crippen LogP contribution in [0.2, 0.25) is 0 Å². The molecule has 0 bridgehead atoms. The highest BCUT2D eigenvalue weighted by atomic mass is 79.9. The molecule has 1 heterocycles. The van der Waals surface area contributed by atoms with Gasteiger partial charge in [-0.25, -0.2) is 0 Å². The zero-order valence-electron chi connectivity index (χ0n) is 10.9. The van der Waals surface area contributed by atoms with Crippen molar-refractivity contribution in [2.45, 2.75) is 25.7 Å². The van der Waals surface area contributed by atoms with Gasteiger partial charge in [-0.3, -0.25) is 4.79 Å². The van der Waals surface area contributed by atoms with E-state index < -0.39 is 0 Å². The van der Waals surface area contributed by atoms with E-state index in [4.69, 9.17) is 9.84 Å². The van der Waals surface area contributed by atoms with Crippen molar-refractivity contribution >= 4 is 33.2 Å². The van der Waals surface area contributed by atoms with Gasteiger partial charge in [0.1, 0.15) is 0 Å². The average molecular weight is 350 g/mol. The third-order valence-electron chi connectivity index (χ3n) is 2.48. The number of carbonyl (C=O) groups is 1. The monoisotopic (exact) mass is 349 g/mol. The van der Waals surface area contributed by atoms with E-state index in [0.29, 0.717) is 26.2 Å². The predicted octanol–water partition coefficient (Wildman–Crippen LogP) is 2.35. The van der Waals surface area contributed by atoms with Gasteiger partial charge in [0.2, 0.25) is 5.91 Å². The molecular weight excluding hydrogens is 330 g/mol. The molecule has 0 aliphatic rings. The number of aliphatic hydroxyl groups excluding tert-OH is 1. The number of nitrogens with one attached hydrogen (secondary N) is 1. The summed E-state index contributed by atoms with van der Waals surface area (Å²) < 4.78 is 6.24. The number of rotatable bonds is 10. The van der Waals surface area contributed by atoms with Crippen LogP contribution in [0.1, 0.15) is 24.1 Å². The minimum atomic E-state index is 0.0468. The first-order chi connectivity index (χ1) is 9.22. The Morgan fingerprint density at radius 3 is 2.89 bits per heavy atom. The molecule has 108 valence electrons. The third-order valence-corrected chi connectivity index (χ3v) is 4.16. The summed E-state index contributed by atoms with van der Waals surface area (Å²) in [6.45, 7) is 1.62. The molecule has 0 unspecified atom stereocenters. The van der Waals surface area contributed by atoms with E-state index in [9.17, 15) is 4.79 Å². The van der Waals surface area contributed by atoms with Gasteiger partial charge in [0, 0.05) is 24.4 Å². The molecule has 6 heteroatoms. The second-order valence-corrected chi connectivity index (χ2v) is 6.65. The fraction of sp³-hybridized carbons (Fsp3) is 0.615. The minimum Gasteiger partial charge on any atom is -0.394 e. The van der Waals surface area contributed by atoms with Gasteiger partial charge in [-0.2, -0.15) is 0 Å². The van der Waals surface area contributed by atoms with Crippen molar-refractivity contribution in [1.82, 2.24) is 5.32 Å². The maximum absolute atomic E-state index is 11.5. The zero-order chi connectivity index (χ0) is 13.9. The molecule has 19 heavy (non-hydrogen) atoms. The van der Waals surface area contributed by atoms with Crippen molar-refractivity contribution in [3.8, 4) is 0 Å². The van der Waals surface area contributed by atoms with Crippen LogP contribution in [0.3, 0.4) is 0 Å². The normalized spacial score (nSPS) is 10.6. The quantitative estimate of drug-likeness (QED) is 0.637. The molecule has 0 radical (unpaired) electrons. The number of carbonyl (C=O) groups excluding carboxylic acids is 1. The molecule has 0 saturated carbocycles. The number of hydrogen-bond acceptors (Lipinski definition) is 4. The van der Waals surface area contributed by atoms with Crippen molar-refractivity contribution in [2.75, 3.05) is 26.4 Å². The highest BCUT2D eigenvalue weighted by molar-refractivity contribution is 9.11. The molecule has 0 fully saturated rings. The minimum absolute atomic E-state index is 0.0468. The maximum atomic E-state index is 11.5. The Balaban J connectivity index is 1.96. The van der Waals surface area contributed by atoms with Crippen LogP contribution in [0.4, 0.5) is 0 Å². The lowest BCUT2D eigenvalue weighted by Gasteiger charge is -2.05. The van der Waals surface area contributed by atoms with Gasteiger partial charge in [0.05, 0.1) is 17.0 Å². The van der Waals surface area contributed by atoms with Crippen LogP contribution in [0, 0.1) is 0 Å². The molecule has 1 aromatic heterocycles. The second kappa shape index (κ2) is 10.4. The van der Waals surface area contributed by atoms with Crippen LogP contribution >= 0.6 is 27.3 Å². The third kappa shape index (κ3) is 8.36. The van der Waals surface area contributed by atoms with E-state index in [0.717, 1.165) is 23.0 Å². The van der Waals surface area contributed by atoms with Crippen LogP contribution in [-0.2, 0) is 16.0 Å². The van der Waals surface area contributed by atoms with Crippen molar-refractivity contribution in [3.05, 3.63) is 20.8 Å². The largest absolute Gasteiger partial charge is 0.394 e. The number of aliphatic hydroxyl groups is 1. The number of ether oxygens (including phenoxy) is 1.